The highest BCUT2D eigenvalue weighted by Crippen LogP contribution is 2.13. The van der Waals surface area contributed by atoms with Gasteiger partial charge < -0.3 is 20.4 Å². The average Bonchev–Trinajstić information content (AvgIpc) is 2.65. The van der Waals surface area contributed by atoms with E-state index in [0.29, 0.717) is 5.76 Å². The quantitative estimate of drug-likeness (QED) is 0.767. The predicted molar refractivity (Wildman–Crippen MR) is 62.3 cm³/mol. The maximum atomic E-state index is 10.6. The smallest absolute Gasteiger partial charge is 0.475 e. The van der Waals surface area contributed by atoms with Crippen LogP contribution >= 0.6 is 13.5 Å². The number of carboxylic acids is 2. The molecule has 0 aliphatic carbocycles. The molecule has 0 aliphatic rings. The van der Waals surface area contributed by atoms with E-state index in [4.69, 9.17) is 25.2 Å². The van der Waals surface area contributed by atoms with Crippen LogP contribution in [0.15, 0.2) is 16.5 Å². The Morgan fingerprint density at radius 3 is 1.89 bits per heavy atom. The first-order valence-electron chi connectivity index (χ1n) is 4.44. The monoisotopic (exact) mass is 303 g/mol. The molecule has 0 radical (unpaired) electrons. The van der Waals surface area contributed by atoms with Crippen LogP contribution in [0.3, 0.4) is 0 Å². The Morgan fingerprint density at radius 1 is 1.32 bits per heavy atom. The molecule has 0 amide bonds. The molecule has 1 atom stereocenters. The lowest BCUT2D eigenvalue weighted by Gasteiger charge is -1.97. The topological polar surface area (TPSA) is 114 Å². The molecule has 19 heavy (non-hydrogen) atoms. The van der Waals surface area contributed by atoms with E-state index in [0.717, 1.165) is 0 Å². The lowest BCUT2D eigenvalue weighted by molar-refractivity contribution is -0.192. The number of rotatable bonds is 2. The van der Waals surface area contributed by atoms with Gasteiger partial charge in [0.25, 0.3) is 0 Å². The van der Waals surface area contributed by atoms with E-state index >= 15 is 0 Å². The van der Waals surface area contributed by atoms with E-state index in [-0.39, 0.29) is 25.3 Å². The predicted octanol–water partition coefficient (Wildman–Crippen LogP) is 1.74. The highest BCUT2D eigenvalue weighted by molar-refractivity contribution is 7.59. The first-order chi connectivity index (χ1) is 8.05. The lowest BCUT2D eigenvalue weighted by Crippen LogP contribution is -2.21. The fourth-order valence-electron chi connectivity index (χ4n) is 0.712. The van der Waals surface area contributed by atoms with Gasteiger partial charge in [-0.1, -0.05) is 0 Å². The van der Waals surface area contributed by atoms with Crippen molar-refractivity contribution in [2.24, 2.45) is 5.73 Å². The third-order valence-corrected chi connectivity index (χ3v) is 1.53. The Kier molecular flexibility index (Phi) is 7.95. The number of hydrogen-bond acceptors (Lipinski definition) is 4. The van der Waals surface area contributed by atoms with E-state index < -0.39 is 18.1 Å². The second-order valence-corrected chi connectivity index (χ2v) is 3.10. The Bertz CT molecular complexity index is 430. The summed E-state index contributed by atoms with van der Waals surface area (Å²) in [5.41, 5.74) is 5.44. The zero-order valence-corrected chi connectivity index (χ0v) is 10.6. The number of aliphatic carboxylic acids is 1. The molecule has 6 nitrogen and oxygen atoms in total. The molecule has 10 heteroatoms. The van der Waals surface area contributed by atoms with Crippen LogP contribution < -0.4 is 5.73 Å². The van der Waals surface area contributed by atoms with Crippen LogP contribution in [0, 0.1) is 0 Å². The molecule has 0 bridgehead atoms. The summed E-state index contributed by atoms with van der Waals surface area (Å²) in [5.74, 6) is -3.41. The van der Waals surface area contributed by atoms with Crippen molar-refractivity contribution in [3.8, 4) is 0 Å². The molecule has 0 saturated carbocycles. The fraction of sp³-hybridized carbons (Fsp3) is 0.333. The third kappa shape index (κ3) is 7.36. The van der Waals surface area contributed by atoms with Crippen molar-refractivity contribution in [3.63, 3.8) is 0 Å². The van der Waals surface area contributed by atoms with Gasteiger partial charge in [-0.05, 0) is 19.1 Å². The van der Waals surface area contributed by atoms with Gasteiger partial charge >= 0.3 is 18.1 Å². The summed E-state index contributed by atoms with van der Waals surface area (Å²) in [6.07, 6.45) is -5.08. The Labute approximate surface area is 112 Å². The first kappa shape index (κ1) is 19.7. The number of carbonyl (C=O) groups is 2. The number of hydrogen-bond donors (Lipinski definition) is 3. The van der Waals surface area contributed by atoms with Crippen LogP contribution in [-0.2, 0) is 4.79 Å². The van der Waals surface area contributed by atoms with Crippen LogP contribution in [0.4, 0.5) is 13.2 Å². The molecule has 110 valence electrons. The van der Waals surface area contributed by atoms with Gasteiger partial charge in [-0.15, -0.1) is 0 Å². The van der Waals surface area contributed by atoms with Crippen molar-refractivity contribution in [1.29, 1.82) is 0 Å². The van der Waals surface area contributed by atoms with Crippen molar-refractivity contribution in [2.45, 2.75) is 19.1 Å². The van der Waals surface area contributed by atoms with E-state index in [2.05, 4.69) is 0 Å². The zero-order chi connectivity index (χ0) is 14.5. The highest BCUT2D eigenvalue weighted by Gasteiger charge is 2.38. The van der Waals surface area contributed by atoms with Gasteiger partial charge in [-0.25, -0.2) is 9.59 Å². The van der Waals surface area contributed by atoms with E-state index in [1.807, 2.05) is 0 Å². The zero-order valence-electron chi connectivity index (χ0n) is 9.56. The molecular formula is C9H12F3NO5S. The molecule has 4 N–H and O–H groups in total. The van der Waals surface area contributed by atoms with Gasteiger partial charge in [0.1, 0.15) is 5.76 Å². The average molecular weight is 303 g/mol. The summed E-state index contributed by atoms with van der Waals surface area (Å²) in [7, 11) is 0. The van der Waals surface area contributed by atoms with Crippen LogP contribution in [0.25, 0.3) is 0 Å². The Hall–Kier alpha value is -1.68. The SMILES string of the molecule is C[C@H](N)c1ccc(C(=O)O)o1.O=C(O)C(F)(F)F.S. The van der Waals surface area contributed by atoms with Gasteiger partial charge in [0.15, 0.2) is 0 Å². The second-order valence-electron chi connectivity index (χ2n) is 3.10. The van der Waals surface area contributed by atoms with Gasteiger partial charge in [-0.2, -0.15) is 26.7 Å². The summed E-state index contributed by atoms with van der Waals surface area (Å²) >= 11 is 0. The van der Waals surface area contributed by atoms with Gasteiger partial charge in [0.2, 0.25) is 5.76 Å². The van der Waals surface area contributed by atoms with Crippen LogP contribution in [-0.4, -0.2) is 28.3 Å². The maximum Gasteiger partial charge on any atom is 0.490 e. The second kappa shape index (κ2) is 7.69. The number of furan rings is 1. The van der Waals surface area contributed by atoms with Gasteiger partial charge in [0, 0.05) is 0 Å². The minimum absolute atomic E-state index is 0. The van der Waals surface area contributed by atoms with Crippen LogP contribution in [0.5, 0.6) is 0 Å². The Balaban J connectivity index is 0. The number of alkyl halides is 3. The molecule has 1 rings (SSSR count). The minimum atomic E-state index is -5.08. The van der Waals surface area contributed by atoms with E-state index in [9.17, 15) is 18.0 Å². The number of halogens is 3. The largest absolute Gasteiger partial charge is 0.490 e. The highest BCUT2D eigenvalue weighted by atomic mass is 32.1. The molecule has 0 aromatic carbocycles. The van der Waals surface area contributed by atoms with Crippen LogP contribution in [0.1, 0.15) is 29.3 Å². The summed E-state index contributed by atoms with van der Waals surface area (Å²) < 4.78 is 36.6. The molecule has 0 saturated heterocycles. The summed E-state index contributed by atoms with van der Waals surface area (Å²) in [6, 6.07) is 2.69. The molecular weight excluding hydrogens is 291 g/mol. The number of carboxylic acid groups (broad SMARTS) is 2. The molecule has 1 heterocycles. The fourth-order valence-corrected chi connectivity index (χ4v) is 0.712. The van der Waals surface area contributed by atoms with Crippen molar-refractivity contribution in [1.82, 2.24) is 0 Å². The Morgan fingerprint density at radius 2 is 1.74 bits per heavy atom. The maximum absolute atomic E-state index is 10.6. The molecule has 0 spiro atoms. The molecule has 1 aromatic heterocycles. The van der Waals surface area contributed by atoms with Gasteiger partial charge in [0.05, 0.1) is 6.04 Å². The molecule has 0 aliphatic heterocycles. The molecule has 0 fully saturated rings. The number of nitrogens with two attached hydrogens (primary N) is 1. The minimum Gasteiger partial charge on any atom is -0.475 e. The molecule has 1 aromatic rings. The van der Waals surface area contributed by atoms with Gasteiger partial charge in [-0.3, -0.25) is 0 Å². The number of aromatic carboxylic acids is 1. The lowest BCUT2D eigenvalue weighted by atomic mass is 10.3. The van der Waals surface area contributed by atoms with Crippen molar-refractivity contribution in [3.05, 3.63) is 23.7 Å². The summed E-state index contributed by atoms with van der Waals surface area (Å²) in [6.45, 7) is 1.73. The van der Waals surface area contributed by atoms with E-state index in [1.54, 1.807) is 13.0 Å². The third-order valence-electron chi connectivity index (χ3n) is 1.53. The van der Waals surface area contributed by atoms with Crippen LogP contribution in [0.2, 0.25) is 0 Å². The van der Waals surface area contributed by atoms with Crippen molar-refractivity contribution in [2.75, 3.05) is 0 Å². The van der Waals surface area contributed by atoms with E-state index in [1.165, 1.54) is 6.07 Å². The standard InChI is InChI=1S/C7H9NO3.C2HF3O2.H2S/c1-4(8)5-2-3-6(11-5)7(9)10;3-2(4,5)1(6)7;/h2-4H,8H2,1H3,(H,9,10);(H,6,7);1H2/t4-;;/m0../s1. The summed E-state index contributed by atoms with van der Waals surface area (Å²) in [4.78, 5) is 19.2. The normalized spacial score (nSPS) is 11.6. The summed E-state index contributed by atoms with van der Waals surface area (Å²) in [5, 5.41) is 15.6. The molecule has 0 unspecified atom stereocenters. The van der Waals surface area contributed by atoms with Crippen molar-refractivity contribution < 1.29 is 37.4 Å². The first-order valence-corrected chi connectivity index (χ1v) is 4.44. The van der Waals surface area contributed by atoms with Crippen molar-refractivity contribution >= 4 is 25.4 Å².